The molecule has 1 aromatic carbocycles. The quantitative estimate of drug-likeness (QED) is 0.860. The van der Waals surface area contributed by atoms with Gasteiger partial charge < -0.3 is 15.2 Å². The van der Waals surface area contributed by atoms with Crippen molar-refractivity contribution in [2.24, 2.45) is 0 Å². The van der Waals surface area contributed by atoms with Gasteiger partial charge in [0.15, 0.2) is 0 Å². The van der Waals surface area contributed by atoms with E-state index in [4.69, 9.17) is 4.74 Å². The Morgan fingerprint density at radius 2 is 2.26 bits per heavy atom. The molecule has 5 heteroatoms. The zero-order valence-corrected chi connectivity index (χ0v) is 11.0. The van der Waals surface area contributed by atoms with Crippen molar-refractivity contribution in [1.29, 1.82) is 0 Å². The lowest BCUT2D eigenvalue weighted by Crippen LogP contribution is -2.46. The van der Waals surface area contributed by atoms with E-state index in [-0.39, 0.29) is 18.3 Å². The van der Waals surface area contributed by atoms with Crippen LogP contribution in [0.25, 0.3) is 0 Å². The summed E-state index contributed by atoms with van der Waals surface area (Å²) in [7, 11) is 0. The highest BCUT2D eigenvalue weighted by Crippen LogP contribution is 2.24. The molecule has 2 unspecified atom stereocenters. The highest BCUT2D eigenvalue weighted by molar-refractivity contribution is 5.26. The molecule has 0 bridgehead atoms. The molecular weight excluding hydrogens is 252 g/mol. The largest absolute Gasteiger partial charge is 0.394 e. The van der Waals surface area contributed by atoms with E-state index in [0.29, 0.717) is 6.54 Å². The first-order valence-electron chi connectivity index (χ1n) is 6.48. The maximum absolute atomic E-state index is 13.8. The van der Waals surface area contributed by atoms with Crippen LogP contribution in [0.15, 0.2) is 18.2 Å². The Morgan fingerprint density at radius 1 is 1.47 bits per heavy atom. The summed E-state index contributed by atoms with van der Waals surface area (Å²) in [6.45, 7) is 2.70. The van der Waals surface area contributed by atoms with Gasteiger partial charge in [0.2, 0.25) is 0 Å². The number of halogens is 2. The first-order valence-corrected chi connectivity index (χ1v) is 6.48. The van der Waals surface area contributed by atoms with Crippen LogP contribution in [0.1, 0.15) is 25.3 Å². The van der Waals surface area contributed by atoms with Crippen molar-refractivity contribution < 1.29 is 18.6 Å². The minimum atomic E-state index is -0.941. The molecule has 19 heavy (non-hydrogen) atoms. The second-order valence-corrected chi connectivity index (χ2v) is 5.13. The molecule has 1 saturated heterocycles. The zero-order valence-electron chi connectivity index (χ0n) is 11.0. The molecule has 1 heterocycles. The van der Waals surface area contributed by atoms with Crippen molar-refractivity contribution >= 4 is 0 Å². The molecular formula is C14H19F2NO2. The van der Waals surface area contributed by atoms with Gasteiger partial charge in [-0.2, -0.15) is 0 Å². The second-order valence-electron chi connectivity index (χ2n) is 5.13. The number of ether oxygens (including phenoxy) is 1. The Kier molecular flexibility index (Phi) is 4.50. The molecule has 0 aromatic heterocycles. The van der Waals surface area contributed by atoms with Gasteiger partial charge in [-0.25, -0.2) is 8.78 Å². The minimum absolute atomic E-state index is 0.0920. The van der Waals surface area contributed by atoms with Gasteiger partial charge >= 0.3 is 0 Å². The van der Waals surface area contributed by atoms with Gasteiger partial charge in [0.25, 0.3) is 0 Å². The monoisotopic (exact) mass is 271 g/mol. The van der Waals surface area contributed by atoms with Crippen molar-refractivity contribution in [3.8, 4) is 0 Å². The second kappa shape index (κ2) is 5.94. The normalized spacial score (nSPS) is 22.4. The lowest BCUT2D eigenvalue weighted by Gasteiger charge is -2.31. The Bertz CT molecular complexity index is 435. The van der Waals surface area contributed by atoms with Crippen molar-refractivity contribution in [3.63, 3.8) is 0 Å². The third kappa shape index (κ3) is 3.29. The van der Waals surface area contributed by atoms with E-state index in [1.807, 2.05) is 0 Å². The fourth-order valence-electron chi connectivity index (χ4n) is 2.32. The van der Waals surface area contributed by atoms with Crippen LogP contribution in [-0.4, -0.2) is 31.0 Å². The van der Waals surface area contributed by atoms with Gasteiger partial charge in [-0.1, -0.05) is 6.07 Å². The Morgan fingerprint density at radius 3 is 2.84 bits per heavy atom. The van der Waals surface area contributed by atoms with E-state index >= 15 is 0 Å². The molecule has 2 atom stereocenters. The molecule has 0 saturated carbocycles. The summed E-state index contributed by atoms with van der Waals surface area (Å²) in [6, 6.07) is 3.39. The van der Waals surface area contributed by atoms with E-state index in [2.05, 4.69) is 5.32 Å². The highest BCUT2D eigenvalue weighted by atomic mass is 19.1. The lowest BCUT2D eigenvalue weighted by molar-refractivity contribution is 0.0902. The Hall–Kier alpha value is -1.04. The third-order valence-electron chi connectivity index (χ3n) is 3.59. The number of hydrogen-bond donors (Lipinski definition) is 2. The van der Waals surface area contributed by atoms with Gasteiger partial charge in [0.1, 0.15) is 11.6 Å². The molecule has 2 rings (SSSR count). The van der Waals surface area contributed by atoms with E-state index in [0.717, 1.165) is 25.5 Å². The molecule has 0 radical (unpaired) electrons. The molecule has 0 spiro atoms. The molecule has 1 aromatic rings. The van der Waals surface area contributed by atoms with Gasteiger partial charge in [-0.3, -0.25) is 0 Å². The molecule has 0 aliphatic carbocycles. The van der Waals surface area contributed by atoms with Crippen LogP contribution in [0.4, 0.5) is 8.78 Å². The number of aliphatic hydroxyl groups is 1. The fraction of sp³-hybridized carbons (Fsp3) is 0.571. The average Bonchev–Trinajstić information content (AvgIpc) is 2.89. The fourth-order valence-corrected chi connectivity index (χ4v) is 2.32. The number of aliphatic hydroxyl groups excluding tert-OH is 1. The van der Waals surface area contributed by atoms with E-state index < -0.39 is 17.2 Å². The van der Waals surface area contributed by atoms with Crippen LogP contribution >= 0.6 is 0 Å². The predicted molar refractivity (Wildman–Crippen MR) is 67.8 cm³/mol. The molecule has 1 fully saturated rings. The Labute approximate surface area is 111 Å². The molecule has 0 amide bonds. The van der Waals surface area contributed by atoms with E-state index in [1.54, 1.807) is 6.92 Å². The summed E-state index contributed by atoms with van der Waals surface area (Å²) >= 11 is 0. The molecule has 3 nitrogen and oxygen atoms in total. The summed E-state index contributed by atoms with van der Waals surface area (Å²) in [5, 5.41) is 12.7. The van der Waals surface area contributed by atoms with Crippen molar-refractivity contribution in [2.45, 2.75) is 31.4 Å². The van der Waals surface area contributed by atoms with Gasteiger partial charge in [0.05, 0.1) is 18.2 Å². The minimum Gasteiger partial charge on any atom is -0.394 e. The molecule has 106 valence electrons. The number of rotatable bonds is 5. The third-order valence-corrected chi connectivity index (χ3v) is 3.59. The lowest BCUT2D eigenvalue weighted by atomic mass is 9.92. The summed E-state index contributed by atoms with van der Waals surface area (Å²) in [5.41, 5.74) is -0.682. The smallest absolute Gasteiger partial charge is 0.131 e. The van der Waals surface area contributed by atoms with Crippen molar-refractivity contribution in [3.05, 3.63) is 35.4 Å². The first-order chi connectivity index (χ1) is 9.05. The number of hydrogen-bond acceptors (Lipinski definition) is 3. The van der Waals surface area contributed by atoms with Crippen LogP contribution in [-0.2, 0) is 10.3 Å². The van der Waals surface area contributed by atoms with Crippen LogP contribution in [0, 0.1) is 11.6 Å². The maximum Gasteiger partial charge on any atom is 0.131 e. The van der Waals surface area contributed by atoms with Crippen LogP contribution < -0.4 is 5.32 Å². The molecule has 1 aliphatic rings. The molecule has 1 aliphatic heterocycles. The summed E-state index contributed by atoms with van der Waals surface area (Å²) in [6.07, 6.45) is 2.07. The average molecular weight is 271 g/mol. The van der Waals surface area contributed by atoms with E-state index in [1.165, 1.54) is 12.1 Å². The maximum atomic E-state index is 13.8. The topological polar surface area (TPSA) is 41.5 Å². The van der Waals surface area contributed by atoms with Crippen molar-refractivity contribution in [2.75, 3.05) is 19.8 Å². The van der Waals surface area contributed by atoms with Crippen molar-refractivity contribution in [1.82, 2.24) is 5.32 Å². The highest BCUT2D eigenvalue weighted by Gasteiger charge is 2.30. The van der Waals surface area contributed by atoms with Crippen LogP contribution in [0.5, 0.6) is 0 Å². The summed E-state index contributed by atoms with van der Waals surface area (Å²) < 4.78 is 32.2. The SMILES string of the molecule is CC(CO)(NCC1CCCO1)c1ccc(F)cc1F. The van der Waals surface area contributed by atoms with Crippen LogP contribution in [0.2, 0.25) is 0 Å². The summed E-state index contributed by atoms with van der Waals surface area (Å²) in [4.78, 5) is 0. The van der Waals surface area contributed by atoms with Gasteiger partial charge in [0, 0.05) is 24.8 Å². The van der Waals surface area contributed by atoms with Gasteiger partial charge in [-0.05, 0) is 25.8 Å². The molecule has 2 N–H and O–H groups in total. The van der Waals surface area contributed by atoms with Crippen LogP contribution in [0.3, 0.4) is 0 Å². The zero-order chi connectivity index (χ0) is 13.9. The van der Waals surface area contributed by atoms with E-state index in [9.17, 15) is 13.9 Å². The number of benzene rings is 1. The van der Waals surface area contributed by atoms with Gasteiger partial charge in [-0.15, -0.1) is 0 Å². The Balaban J connectivity index is 2.11. The predicted octanol–water partition coefficient (Wildman–Crippen LogP) is 1.94. The number of nitrogens with one attached hydrogen (secondary N) is 1. The standard InChI is InChI=1S/C14H19F2NO2/c1-14(9-18,17-8-11-3-2-6-19-11)12-5-4-10(15)7-13(12)16/h4-5,7,11,17-18H,2-3,6,8-9H2,1H3. The summed E-state index contributed by atoms with van der Waals surface area (Å²) in [5.74, 6) is -1.28. The first kappa shape index (κ1) is 14.4.